The molecule has 2 heteroatoms. The monoisotopic (exact) mass is 160 g/mol. The van der Waals surface area contributed by atoms with Crippen molar-refractivity contribution in [1.29, 1.82) is 0 Å². The van der Waals surface area contributed by atoms with E-state index in [1.807, 2.05) is 44.2 Å². The lowest BCUT2D eigenvalue weighted by atomic mass is 10.1. The van der Waals surface area contributed by atoms with Gasteiger partial charge in [-0.05, 0) is 19.4 Å². The molecule has 12 heavy (non-hydrogen) atoms. The van der Waals surface area contributed by atoms with Crippen molar-refractivity contribution in [3.63, 3.8) is 0 Å². The quantitative estimate of drug-likeness (QED) is 0.469. The lowest BCUT2D eigenvalue weighted by Crippen LogP contribution is -1.91. The van der Waals surface area contributed by atoms with Crippen molar-refractivity contribution in [2.45, 2.75) is 13.8 Å². The van der Waals surface area contributed by atoms with Crippen LogP contribution >= 0.6 is 0 Å². The zero-order chi connectivity index (χ0) is 8.81. The predicted molar refractivity (Wildman–Crippen MR) is 52.8 cm³/mol. The summed E-state index contributed by atoms with van der Waals surface area (Å²) in [4.78, 5) is 0. The molecule has 0 aliphatic carbocycles. The molecule has 0 saturated heterocycles. The number of rotatable bonds is 2. The SMILES string of the molecule is C/C=N/N=C(\C)c1ccccc1. The Morgan fingerprint density at radius 3 is 2.50 bits per heavy atom. The average Bonchev–Trinajstić information content (AvgIpc) is 2.15. The molecule has 0 aliphatic rings. The standard InChI is InChI=1S/C10H12N2/c1-3-11-12-9(2)10-7-5-4-6-8-10/h3-8H,1-2H3/b11-3+,12-9+. The Morgan fingerprint density at radius 2 is 1.92 bits per heavy atom. The molecule has 0 atom stereocenters. The summed E-state index contributed by atoms with van der Waals surface area (Å²) in [5.41, 5.74) is 2.05. The largest absolute Gasteiger partial charge is 0.164 e. The van der Waals surface area contributed by atoms with Crippen LogP contribution in [0, 0.1) is 0 Å². The summed E-state index contributed by atoms with van der Waals surface area (Å²) >= 11 is 0. The molecule has 2 nitrogen and oxygen atoms in total. The summed E-state index contributed by atoms with van der Waals surface area (Å²) in [7, 11) is 0. The fourth-order valence-electron chi connectivity index (χ4n) is 0.881. The minimum Gasteiger partial charge on any atom is -0.164 e. The van der Waals surface area contributed by atoms with Crippen molar-refractivity contribution >= 4 is 11.9 Å². The van der Waals surface area contributed by atoms with Crippen LogP contribution < -0.4 is 0 Å². The van der Waals surface area contributed by atoms with E-state index < -0.39 is 0 Å². The van der Waals surface area contributed by atoms with Crippen molar-refractivity contribution in [3.8, 4) is 0 Å². The Labute approximate surface area is 72.7 Å². The topological polar surface area (TPSA) is 24.7 Å². The highest BCUT2D eigenvalue weighted by Crippen LogP contribution is 2.00. The molecule has 0 unspecified atom stereocenters. The fourth-order valence-corrected chi connectivity index (χ4v) is 0.881. The van der Waals surface area contributed by atoms with Gasteiger partial charge in [0.05, 0.1) is 5.71 Å². The third-order valence-corrected chi connectivity index (χ3v) is 1.51. The first-order chi connectivity index (χ1) is 5.84. The molecule has 0 radical (unpaired) electrons. The van der Waals surface area contributed by atoms with Crippen LogP contribution in [0.1, 0.15) is 19.4 Å². The maximum Gasteiger partial charge on any atom is 0.0671 e. The van der Waals surface area contributed by atoms with Gasteiger partial charge < -0.3 is 0 Å². The Bertz CT molecular complexity index is 286. The number of benzene rings is 1. The summed E-state index contributed by atoms with van der Waals surface area (Å²) in [6, 6.07) is 10.0. The molecule has 0 heterocycles. The van der Waals surface area contributed by atoms with Gasteiger partial charge in [0.1, 0.15) is 0 Å². The van der Waals surface area contributed by atoms with Gasteiger partial charge in [-0.15, -0.1) is 0 Å². The maximum atomic E-state index is 4.00. The van der Waals surface area contributed by atoms with E-state index in [4.69, 9.17) is 0 Å². The molecule has 0 saturated carbocycles. The second-order valence-electron chi connectivity index (χ2n) is 2.43. The first-order valence-corrected chi connectivity index (χ1v) is 3.92. The molecule has 0 fully saturated rings. The van der Waals surface area contributed by atoms with Crippen molar-refractivity contribution in [3.05, 3.63) is 35.9 Å². The van der Waals surface area contributed by atoms with E-state index >= 15 is 0 Å². The van der Waals surface area contributed by atoms with E-state index in [1.54, 1.807) is 6.21 Å². The molecule has 0 bridgehead atoms. The van der Waals surface area contributed by atoms with Crippen LogP contribution in [0.3, 0.4) is 0 Å². The summed E-state index contributed by atoms with van der Waals surface area (Å²) in [6.45, 7) is 3.80. The van der Waals surface area contributed by atoms with Crippen molar-refractivity contribution in [2.75, 3.05) is 0 Å². The van der Waals surface area contributed by atoms with Crippen LogP contribution in [0.2, 0.25) is 0 Å². The average molecular weight is 160 g/mol. The highest BCUT2D eigenvalue weighted by Gasteiger charge is 1.92. The molecule has 0 N–H and O–H groups in total. The lowest BCUT2D eigenvalue weighted by Gasteiger charge is -1.95. The molecule has 62 valence electrons. The van der Waals surface area contributed by atoms with E-state index in [9.17, 15) is 0 Å². The molecular formula is C10H12N2. The number of nitrogens with zero attached hydrogens (tertiary/aromatic N) is 2. The van der Waals surface area contributed by atoms with Crippen molar-refractivity contribution < 1.29 is 0 Å². The van der Waals surface area contributed by atoms with Crippen LogP contribution in [-0.4, -0.2) is 11.9 Å². The normalized spacial score (nSPS) is 12.3. The van der Waals surface area contributed by atoms with Crippen LogP contribution in [0.15, 0.2) is 40.5 Å². The molecular weight excluding hydrogens is 148 g/mol. The molecule has 0 amide bonds. The highest BCUT2D eigenvalue weighted by molar-refractivity contribution is 5.98. The summed E-state index contributed by atoms with van der Waals surface area (Å²) in [6.07, 6.45) is 1.67. The lowest BCUT2D eigenvalue weighted by molar-refractivity contribution is 1.24. The van der Waals surface area contributed by atoms with Gasteiger partial charge in [0.2, 0.25) is 0 Å². The van der Waals surface area contributed by atoms with E-state index in [0.29, 0.717) is 0 Å². The molecule has 1 aromatic carbocycles. The zero-order valence-corrected chi connectivity index (χ0v) is 7.36. The first kappa shape index (κ1) is 8.65. The first-order valence-electron chi connectivity index (χ1n) is 3.92. The third-order valence-electron chi connectivity index (χ3n) is 1.51. The van der Waals surface area contributed by atoms with Crippen molar-refractivity contribution in [1.82, 2.24) is 0 Å². The van der Waals surface area contributed by atoms with Crippen LogP contribution in [0.25, 0.3) is 0 Å². The van der Waals surface area contributed by atoms with Crippen LogP contribution in [0.4, 0.5) is 0 Å². The van der Waals surface area contributed by atoms with Gasteiger partial charge >= 0.3 is 0 Å². The van der Waals surface area contributed by atoms with Gasteiger partial charge in [-0.2, -0.15) is 10.2 Å². The van der Waals surface area contributed by atoms with Gasteiger partial charge in [0.25, 0.3) is 0 Å². The smallest absolute Gasteiger partial charge is 0.0671 e. The second-order valence-corrected chi connectivity index (χ2v) is 2.43. The minimum atomic E-state index is 0.939. The van der Waals surface area contributed by atoms with Gasteiger partial charge in [-0.1, -0.05) is 30.3 Å². The van der Waals surface area contributed by atoms with E-state index in [-0.39, 0.29) is 0 Å². The minimum absolute atomic E-state index is 0.939. The summed E-state index contributed by atoms with van der Waals surface area (Å²) in [5, 5.41) is 7.81. The zero-order valence-electron chi connectivity index (χ0n) is 7.36. The Kier molecular flexibility index (Phi) is 3.20. The van der Waals surface area contributed by atoms with Crippen LogP contribution in [-0.2, 0) is 0 Å². The molecule has 1 rings (SSSR count). The van der Waals surface area contributed by atoms with Gasteiger partial charge in [0.15, 0.2) is 0 Å². The van der Waals surface area contributed by atoms with Gasteiger partial charge in [0, 0.05) is 6.21 Å². The van der Waals surface area contributed by atoms with Gasteiger partial charge in [-0.25, -0.2) is 0 Å². The predicted octanol–water partition coefficient (Wildman–Crippen LogP) is 2.50. The van der Waals surface area contributed by atoms with Crippen LogP contribution in [0.5, 0.6) is 0 Å². The number of hydrogen-bond donors (Lipinski definition) is 0. The van der Waals surface area contributed by atoms with Crippen molar-refractivity contribution in [2.24, 2.45) is 10.2 Å². The van der Waals surface area contributed by atoms with E-state index in [2.05, 4.69) is 10.2 Å². The Balaban J connectivity index is 2.85. The fraction of sp³-hybridized carbons (Fsp3) is 0.200. The second kappa shape index (κ2) is 4.44. The number of hydrogen-bond acceptors (Lipinski definition) is 2. The molecule has 0 spiro atoms. The van der Waals surface area contributed by atoms with E-state index in [1.165, 1.54) is 0 Å². The highest BCUT2D eigenvalue weighted by atomic mass is 15.2. The van der Waals surface area contributed by atoms with Gasteiger partial charge in [-0.3, -0.25) is 0 Å². The summed E-state index contributed by atoms with van der Waals surface area (Å²) < 4.78 is 0. The Hall–Kier alpha value is -1.44. The molecule has 1 aromatic rings. The molecule has 0 aromatic heterocycles. The summed E-state index contributed by atoms with van der Waals surface area (Å²) in [5.74, 6) is 0. The third kappa shape index (κ3) is 2.31. The maximum absolute atomic E-state index is 4.00. The Morgan fingerprint density at radius 1 is 1.25 bits per heavy atom. The van der Waals surface area contributed by atoms with E-state index in [0.717, 1.165) is 11.3 Å². The molecule has 0 aliphatic heterocycles.